The van der Waals surface area contributed by atoms with Crippen LogP contribution in [0.15, 0.2) is 0 Å². The molecule has 0 nitrogen and oxygen atoms in total. The largest absolute Gasteiger partial charge is 0.0877 e. The van der Waals surface area contributed by atoms with Gasteiger partial charge < -0.3 is 0 Å². The van der Waals surface area contributed by atoms with E-state index in [0.29, 0.717) is 0 Å². The highest BCUT2D eigenvalue weighted by molar-refractivity contribution is 14.2. The molecule has 0 saturated heterocycles. The molecule has 0 aliphatic carbocycles. The Bertz CT molecular complexity index is 79.6. The Morgan fingerprint density at radius 2 is 2.20 bits per heavy atom. The molecule has 0 spiro atoms. The van der Waals surface area contributed by atoms with Crippen LogP contribution in [-0.2, 0) is 0 Å². The van der Waals surface area contributed by atoms with Gasteiger partial charge in [-0.05, 0) is 33.4 Å². The maximum absolute atomic E-state index is 3.41. The summed E-state index contributed by atoms with van der Waals surface area (Å²) in [5.41, 5.74) is 0. The summed E-state index contributed by atoms with van der Waals surface area (Å²) in [6.45, 7) is 2.05. The third-order valence-electron chi connectivity index (χ3n) is 0.227. The SMILES string of the molecule is CC=P(=P)I. The molecule has 1 unspecified atom stereocenters. The lowest BCUT2D eigenvalue weighted by molar-refractivity contribution is 2.14. The van der Waals surface area contributed by atoms with E-state index in [9.17, 15) is 0 Å². The molecule has 1 atom stereocenters. The van der Waals surface area contributed by atoms with Gasteiger partial charge in [-0.25, -0.2) is 0 Å². The van der Waals surface area contributed by atoms with Crippen LogP contribution in [-0.4, -0.2) is 5.80 Å². The van der Waals surface area contributed by atoms with Gasteiger partial charge in [-0.3, -0.25) is 0 Å². The molecule has 0 N–H and O–H groups in total. The van der Waals surface area contributed by atoms with Crippen LogP contribution in [0.4, 0.5) is 0 Å². The second-order valence-corrected chi connectivity index (χ2v) is 9.00. The van der Waals surface area contributed by atoms with Gasteiger partial charge in [0.1, 0.15) is 0 Å². The van der Waals surface area contributed by atoms with Gasteiger partial charge in [0.15, 0.2) is 0 Å². The lowest BCUT2D eigenvalue weighted by Crippen LogP contribution is -1.31. The van der Waals surface area contributed by atoms with Crippen LogP contribution in [0.3, 0.4) is 0 Å². The van der Waals surface area contributed by atoms with Crippen molar-refractivity contribution < 1.29 is 0 Å². The third kappa shape index (κ3) is 5.20. The second kappa shape index (κ2) is 3.39. The normalized spacial score (nSPS) is 12.0. The number of rotatable bonds is 0. The molecular formula is C2H5IP2. The Labute approximate surface area is 47.9 Å². The van der Waals surface area contributed by atoms with E-state index in [0.717, 1.165) is 0 Å². The fraction of sp³-hybridized carbons (Fsp3) is 0.500. The zero-order valence-electron chi connectivity index (χ0n) is 2.90. The molecule has 0 bridgehead atoms. The van der Waals surface area contributed by atoms with Crippen molar-refractivity contribution in [2.45, 2.75) is 6.92 Å². The molecule has 3 heteroatoms. The van der Waals surface area contributed by atoms with Crippen molar-refractivity contribution >= 4 is 40.8 Å². The van der Waals surface area contributed by atoms with Gasteiger partial charge in [0, 0.05) is 0 Å². The average molecular weight is 218 g/mol. The van der Waals surface area contributed by atoms with Crippen molar-refractivity contribution in [3.8, 4) is 0 Å². The van der Waals surface area contributed by atoms with E-state index in [1.807, 2.05) is 6.92 Å². The Kier molecular flexibility index (Phi) is 4.21. The smallest absolute Gasteiger partial charge is 0.0162 e. The summed E-state index contributed by atoms with van der Waals surface area (Å²) in [5, 5.41) is 0. The fourth-order valence-electron chi connectivity index (χ4n) is 0. The number of hydrogen-bond donors (Lipinski definition) is 0. The van der Waals surface area contributed by atoms with Crippen molar-refractivity contribution in [1.82, 2.24) is 0 Å². The minimum Gasteiger partial charge on any atom is -0.0877 e. The summed E-state index contributed by atoms with van der Waals surface area (Å²) in [4.78, 5) is 0. The van der Waals surface area contributed by atoms with Gasteiger partial charge in [0.2, 0.25) is 0 Å². The number of halogens is 1. The maximum Gasteiger partial charge on any atom is -0.0162 e. The van der Waals surface area contributed by atoms with Crippen molar-refractivity contribution in [3.05, 3.63) is 0 Å². The van der Waals surface area contributed by atoms with Gasteiger partial charge in [-0.1, -0.05) is 14.3 Å². The van der Waals surface area contributed by atoms with Crippen molar-refractivity contribution in [1.29, 1.82) is 0 Å². The first-order valence-electron chi connectivity index (χ1n) is 1.23. The molecule has 0 heterocycles. The molecule has 0 saturated carbocycles. The molecule has 0 aromatic rings. The molecule has 0 aromatic carbocycles. The van der Waals surface area contributed by atoms with E-state index in [2.05, 4.69) is 36.4 Å². The van der Waals surface area contributed by atoms with Crippen LogP contribution in [0, 0.1) is 0 Å². The summed E-state index contributed by atoms with van der Waals surface area (Å²) in [6.07, 6.45) is 0. The van der Waals surface area contributed by atoms with E-state index >= 15 is 0 Å². The van der Waals surface area contributed by atoms with Crippen LogP contribution in [0.25, 0.3) is 0 Å². The van der Waals surface area contributed by atoms with Crippen LogP contribution in [0.5, 0.6) is 0 Å². The van der Waals surface area contributed by atoms with Crippen LogP contribution in [0.2, 0.25) is 0 Å². The Morgan fingerprint density at radius 3 is 2.20 bits per heavy atom. The topological polar surface area (TPSA) is 0 Å². The molecule has 0 rings (SSSR count). The van der Waals surface area contributed by atoms with Gasteiger partial charge in [0.05, 0.1) is 0 Å². The molecule has 5 heavy (non-hydrogen) atoms. The molecule has 0 fully saturated rings. The van der Waals surface area contributed by atoms with Gasteiger partial charge in [-0.15, -0.1) is 0 Å². The van der Waals surface area contributed by atoms with Crippen LogP contribution >= 0.6 is 35.0 Å². The predicted octanol–water partition coefficient (Wildman–Crippen LogP) is 2.70. The van der Waals surface area contributed by atoms with Crippen LogP contribution < -0.4 is 0 Å². The van der Waals surface area contributed by atoms with E-state index < -0.39 is 0 Å². The monoisotopic (exact) mass is 218 g/mol. The van der Waals surface area contributed by atoms with Crippen LogP contribution in [0.1, 0.15) is 6.92 Å². The predicted molar refractivity (Wildman–Crippen MR) is 41.0 cm³/mol. The molecule has 30 valence electrons. The Morgan fingerprint density at radius 1 is 2.00 bits per heavy atom. The Balaban J connectivity index is 3.62. The van der Waals surface area contributed by atoms with E-state index in [1.54, 1.807) is 0 Å². The zero-order chi connectivity index (χ0) is 4.28. The Hall–Kier alpha value is 1.20. The molecule has 0 radical (unpaired) electrons. The van der Waals surface area contributed by atoms with E-state index in [4.69, 9.17) is 0 Å². The van der Waals surface area contributed by atoms with Gasteiger partial charge in [0.25, 0.3) is 0 Å². The molecule has 0 aromatic heterocycles. The van der Waals surface area contributed by atoms with Gasteiger partial charge in [-0.2, -0.15) is 0 Å². The highest BCUT2D eigenvalue weighted by atomic mass is 127. The zero-order valence-corrected chi connectivity index (χ0v) is 6.95. The van der Waals surface area contributed by atoms with E-state index in [-0.39, 0.29) is 4.47 Å². The lowest BCUT2D eigenvalue weighted by atomic mass is 11.0. The summed E-state index contributed by atoms with van der Waals surface area (Å²) in [6, 6.07) is 0. The first-order valence-corrected chi connectivity index (χ1v) is 6.77. The molecule has 0 aliphatic rings. The summed E-state index contributed by atoms with van der Waals surface area (Å²) < 4.78 is 0.0523. The number of hydrogen-bond acceptors (Lipinski definition) is 0. The first-order chi connectivity index (χ1) is 2.27. The minimum atomic E-state index is 0.0523. The molecular weight excluding hydrogens is 213 g/mol. The minimum absolute atomic E-state index is 0.0523. The maximum atomic E-state index is 3.41. The first kappa shape index (κ1) is 6.20. The summed E-state index contributed by atoms with van der Waals surface area (Å²) >= 11 is 2.33. The van der Waals surface area contributed by atoms with Crippen molar-refractivity contribution in [2.24, 2.45) is 0 Å². The third-order valence-corrected chi connectivity index (χ3v) is 3.13. The highest BCUT2D eigenvalue weighted by Crippen LogP contribution is 2.22. The summed E-state index contributed by atoms with van der Waals surface area (Å²) in [7, 11) is 3.41. The lowest BCUT2D eigenvalue weighted by Gasteiger charge is -1.58. The van der Waals surface area contributed by atoms with Crippen molar-refractivity contribution in [2.75, 3.05) is 0 Å². The average Bonchev–Trinajstić information content (AvgIpc) is 1.38. The standard InChI is InChI=1S/C2H5IP2/c1-2-5(3)4/h2,4H,1H3. The highest BCUT2D eigenvalue weighted by Gasteiger charge is 1.49. The summed E-state index contributed by atoms with van der Waals surface area (Å²) in [5.74, 6) is 2.13. The van der Waals surface area contributed by atoms with Crippen molar-refractivity contribution in [3.63, 3.8) is 0 Å². The quantitative estimate of drug-likeness (QED) is 0.433. The molecule has 0 aliphatic heterocycles. The van der Waals surface area contributed by atoms with Gasteiger partial charge >= 0.3 is 0 Å². The second-order valence-electron chi connectivity index (χ2n) is 0.569. The fourth-order valence-corrected chi connectivity index (χ4v) is 0. The van der Waals surface area contributed by atoms with E-state index in [1.165, 1.54) is 0 Å². The molecule has 0 amide bonds.